The molecule has 0 radical (unpaired) electrons. The van der Waals surface area contributed by atoms with Crippen LogP contribution >= 0.6 is 0 Å². The van der Waals surface area contributed by atoms with E-state index >= 15 is 0 Å². The van der Waals surface area contributed by atoms with Gasteiger partial charge in [-0.1, -0.05) is 24.3 Å². The number of hydrogen-bond acceptors (Lipinski definition) is 4. The zero-order valence-electron chi connectivity index (χ0n) is 12.5. The number of hydrogen-bond donors (Lipinski definition) is 2. The predicted molar refractivity (Wildman–Crippen MR) is 84.6 cm³/mol. The van der Waals surface area contributed by atoms with Gasteiger partial charge in [-0.25, -0.2) is 4.98 Å². The van der Waals surface area contributed by atoms with E-state index in [0.29, 0.717) is 18.7 Å². The molecular formula is C16H21N3O2. The maximum atomic E-state index is 12.6. The summed E-state index contributed by atoms with van der Waals surface area (Å²) in [5, 5.41) is 14.1. The van der Waals surface area contributed by atoms with Gasteiger partial charge in [0, 0.05) is 31.2 Å². The van der Waals surface area contributed by atoms with Gasteiger partial charge in [0.15, 0.2) is 0 Å². The predicted octanol–water partition coefficient (Wildman–Crippen LogP) is 2.12. The van der Waals surface area contributed by atoms with E-state index in [1.807, 2.05) is 38.1 Å². The van der Waals surface area contributed by atoms with Gasteiger partial charge in [0.1, 0.15) is 5.82 Å². The molecule has 5 heteroatoms. The van der Waals surface area contributed by atoms with Crippen molar-refractivity contribution in [3.8, 4) is 0 Å². The SMILES string of the molecule is CCNc1ncc(C(=O)N(CC)CCO)c2ccccc12. The molecular weight excluding hydrogens is 266 g/mol. The van der Waals surface area contributed by atoms with Crippen LogP contribution in [-0.2, 0) is 0 Å². The second-order valence-corrected chi connectivity index (χ2v) is 4.70. The smallest absolute Gasteiger partial charge is 0.256 e. The molecule has 2 rings (SSSR count). The number of aliphatic hydroxyl groups is 1. The lowest BCUT2D eigenvalue weighted by molar-refractivity contribution is 0.0733. The Morgan fingerprint density at radius 1 is 1.29 bits per heavy atom. The lowest BCUT2D eigenvalue weighted by atomic mass is 10.1. The van der Waals surface area contributed by atoms with Gasteiger partial charge in [-0.15, -0.1) is 0 Å². The number of fused-ring (bicyclic) bond motifs is 1. The van der Waals surface area contributed by atoms with E-state index in [1.165, 1.54) is 0 Å². The zero-order valence-corrected chi connectivity index (χ0v) is 12.5. The Bertz CT molecular complexity index is 628. The summed E-state index contributed by atoms with van der Waals surface area (Å²) in [6, 6.07) is 7.74. The molecule has 112 valence electrons. The number of aliphatic hydroxyl groups excluding tert-OH is 1. The Balaban J connectivity index is 2.50. The maximum Gasteiger partial charge on any atom is 0.256 e. The highest BCUT2D eigenvalue weighted by atomic mass is 16.3. The Hall–Kier alpha value is -2.14. The van der Waals surface area contributed by atoms with Crippen molar-refractivity contribution < 1.29 is 9.90 Å². The number of carbonyl (C=O) groups excluding carboxylic acids is 1. The van der Waals surface area contributed by atoms with Gasteiger partial charge >= 0.3 is 0 Å². The summed E-state index contributed by atoms with van der Waals surface area (Å²) in [7, 11) is 0. The first-order valence-corrected chi connectivity index (χ1v) is 7.24. The lowest BCUT2D eigenvalue weighted by Gasteiger charge is -2.21. The van der Waals surface area contributed by atoms with Gasteiger partial charge in [0.25, 0.3) is 5.91 Å². The number of pyridine rings is 1. The first kappa shape index (κ1) is 15.3. The van der Waals surface area contributed by atoms with Gasteiger partial charge in [0.05, 0.1) is 12.2 Å². The molecule has 5 nitrogen and oxygen atoms in total. The van der Waals surface area contributed by atoms with E-state index in [-0.39, 0.29) is 12.5 Å². The normalized spacial score (nSPS) is 10.6. The summed E-state index contributed by atoms with van der Waals surface area (Å²) in [6.45, 7) is 5.53. The molecule has 0 fully saturated rings. The summed E-state index contributed by atoms with van der Waals surface area (Å²) in [5.41, 5.74) is 0.572. The van der Waals surface area contributed by atoms with Crippen LogP contribution in [0.15, 0.2) is 30.5 Å². The molecule has 1 aromatic heterocycles. The minimum Gasteiger partial charge on any atom is -0.395 e. The Labute approximate surface area is 124 Å². The number of anilines is 1. The first-order chi connectivity index (χ1) is 10.2. The van der Waals surface area contributed by atoms with Crippen molar-refractivity contribution in [3.63, 3.8) is 0 Å². The highest BCUT2D eigenvalue weighted by Crippen LogP contribution is 2.25. The molecule has 1 heterocycles. The quantitative estimate of drug-likeness (QED) is 0.854. The average molecular weight is 287 g/mol. The second-order valence-electron chi connectivity index (χ2n) is 4.70. The number of nitrogens with one attached hydrogen (secondary N) is 1. The number of benzene rings is 1. The fraction of sp³-hybridized carbons (Fsp3) is 0.375. The van der Waals surface area contributed by atoms with Crippen molar-refractivity contribution in [1.29, 1.82) is 0 Å². The van der Waals surface area contributed by atoms with Crippen molar-refractivity contribution in [3.05, 3.63) is 36.0 Å². The molecule has 1 amide bonds. The van der Waals surface area contributed by atoms with E-state index in [1.54, 1.807) is 11.1 Å². The summed E-state index contributed by atoms with van der Waals surface area (Å²) in [4.78, 5) is 18.6. The third-order valence-corrected chi connectivity index (χ3v) is 3.41. The summed E-state index contributed by atoms with van der Waals surface area (Å²) < 4.78 is 0. The maximum absolute atomic E-state index is 12.6. The van der Waals surface area contributed by atoms with E-state index < -0.39 is 0 Å². The number of amides is 1. The van der Waals surface area contributed by atoms with Gasteiger partial charge in [0.2, 0.25) is 0 Å². The minimum atomic E-state index is -0.0988. The molecule has 0 aliphatic rings. The summed E-state index contributed by atoms with van der Waals surface area (Å²) in [6.07, 6.45) is 1.61. The summed E-state index contributed by atoms with van der Waals surface area (Å²) in [5.74, 6) is 0.688. The molecule has 0 saturated heterocycles. The van der Waals surface area contributed by atoms with Crippen LogP contribution < -0.4 is 5.32 Å². The Morgan fingerprint density at radius 2 is 2.00 bits per heavy atom. The number of rotatable bonds is 6. The number of carbonyl (C=O) groups is 1. The first-order valence-electron chi connectivity index (χ1n) is 7.24. The van der Waals surface area contributed by atoms with Gasteiger partial charge < -0.3 is 15.3 Å². The molecule has 2 aromatic rings. The molecule has 0 spiro atoms. The van der Waals surface area contributed by atoms with Crippen LogP contribution in [0.4, 0.5) is 5.82 Å². The fourth-order valence-corrected chi connectivity index (χ4v) is 2.37. The Kier molecular flexibility index (Phi) is 5.11. The van der Waals surface area contributed by atoms with Gasteiger partial charge in [-0.05, 0) is 19.2 Å². The molecule has 21 heavy (non-hydrogen) atoms. The van der Waals surface area contributed by atoms with Crippen LogP contribution in [0.2, 0.25) is 0 Å². The molecule has 0 saturated carbocycles. The third-order valence-electron chi connectivity index (χ3n) is 3.41. The van der Waals surface area contributed by atoms with Crippen LogP contribution in [0.25, 0.3) is 10.8 Å². The monoisotopic (exact) mass is 287 g/mol. The van der Waals surface area contributed by atoms with Crippen molar-refractivity contribution in [2.24, 2.45) is 0 Å². The van der Waals surface area contributed by atoms with E-state index in [9.17, 15) is 4.79 Å². The highest BCUT2D eigenvalue weighted by molar-refractivity contribution is 6.09. The van der Waals surface area contributed by atoms with Crippen LogP contribution in [-0.4, -0.2) is 47.1 Å². The van der Waals surface area contributed by atoms with Gasteiger partial charge in [-0.3, -0.25) is 4.79 Å². The van der Waals surface area contributed by atoms with Crippen LogP contribution in [0.1, 0.15) is 24.2 Å². The standard InChI is InChI=1S/C16H21N3O2/c1-3-17-15-13-8-6-5-7-12(13)14(11-18-15)16(21)19(4-2)9-10-20/h5-8,11,20H,3-4,9-10H2,1-2H3,(H,17,18). The Morgan fingerprint density at radius 3 is 2.62 bits per heavy atom. The zero-order chi connectivity index (χ0) is 15.2. The second kappa shape index (κ2) is 7.04. The highest BCUT2D eigenvalue weighted by Gasteiger charge is 2.18. The number of likely N-dealkylation sites (N-methyl/N-ethyl adjacent to an activating group) is 1. The third kappa shape index (κ3) is 3.13. The average Bonchev–Trinajstić information content (AvgIpc) is 2.52. The molecule has 0 aliphatic carbocycles. The molecule has 1 aromatic carbocycles. The van der Waals surface area contributed by atoms with E-state index in [2.05, 4.69) is 10.3 Å². The van der Waals surface area contributed by atoms with Crippen molar-refractivity contribution in [1.82, 2.24) is 9.88 Å². The van der Waals surface area contributed by atoms with Crippen molar-refractivity contribution >= 4 is 22.5 Å². The molecule has 0 unspecified atom stereocenters. The van der Waals surface area contributed by atoms with E-state index in [4.69, 9.17) is 5.11 Å². The molecule has 2 N–H and O–H groups in total. The molecule has 0 atom stereocenters. The summed E-state index contributed by atoms with van der Waals surface area (Å²) >= 11 is 0. The van der Waals surface area contributed by atoms with Gasteiger partial charge in [-0.2, -0.15) is 0 Å². The van der Waals surface area contributed by atoms with Crippen molar-refractivity contribution in [2.45, 2.75) is 13.8 Å². The fourth-order valence-electron chi connectivity index (χ4n) is 2.37. The minimum absolute atomic E-state index is 0.0413. The van der Waals surface area contributed by atoms with Crippen molar-refractivity contribution in [2.75, 3.05) is 31.6 Å². The van der Waals surface area contributed by atoms with Crippen LogP contribution in [0.5, 0.6) is 0 Å². The largest absolute Gasteiger partial charge is 0.395 e. The van der Waals surface area contributed by atoms with Crippen LogP contribution in [0, 0.1) is 0 Å². The topological polar surface area (TPSA) is 65.5 Å². The molecule has 0 aliphatic heterocycles. The van der Waals surface area contributed by atoms with E-state index in [0.717, 1.165) is 23.1 Å². The molecule has 0 bridgehead atoms. The number of nitrogens with zero attached hydrogens (tertiary/aromatic N) is 2. The number of aromatic nitrogens is 1. The lowest BCUT2D eigenvalue weighted by Crippen LogP contribution is -2.33. The van der Waals surface area contributed by atoms with Crippen LogP contribution in [0.3, 0.4) is 0 Å².